The number of allylic oxidation sites excluding steroid dienone is 3. The molecule has 0 atom stereocenters. The predicted molar refractivity (Wildman–Crippen MR) is 101 cm³/mol. The zero-order chi connectivity index (χ0) is 17.9. The Bertz CT molecular complexity index is 685. The van der Waals surface area contributed by atoms with E-state index in [0.29, 0.717) is 10.6 Å². The highest BCUT2D eigenvalue weighted by molar-refractivity contribution is 6.30. The molecule has 1 saturated heterocycles. The average Bonchev–Trinajstić information content (AvgIpc) is 2.60. The van der Waals surface area contributed by atoms with E-state index >= 15 is 0 Å². The summed E-state index contributed by atoms with van der Waals surface area (Å²) in [6, 6.07) is 6.88. The third-order valence-corrected chi connectivity index (χ3v) is 5.11. The molecular weight excluding hydrogens is 334 g/mol. The van der Waals surface area contributed by atoms with E-state index in [2.05, 4.69) is 36.9 Å². The van der Waals surface area contributed by atoms with Crippen LogP contribution in [0.15, 0.2) is 47.8 Å². The number of benzene rings is 1. The molecule has 1 aliphatic carbocycles. The van der Waals surface area contributed by atoms with E-state index in [0.717, 1.165) is 12.1 Å². The number of carbonyl (C=O) groups is 1. The van der Waals surface area contributed by atoms with Crippen molar-refractivity contribution in [3.8, 4) is 0 Å². The average molecular weight is 361 g/mol. The molecule has 1 amide bonds. The van der Waals surface area contributed by atoms with Gasteiger partial charge in [0.15, 0.2) is 0 Å². The number of nitrogens with one attached hydrogen (secondary N) is 3. The molecule has 134 valence electrons. The number of piperidine rings is 1. The van der Waals surface area contributed by atoms with Crippen LogP contribution in [-0.4, -0.2) is 19.0 Å². The first-order chi connectivity index (χ1) is 11.9. The van der Waals surface area contributed by atoms with Crippen molar-refractivity contribution >= 4 is 17.5 Å². The number of halogens is 1. The smallest absolute Gasteiger partial charge is 0.269 e. The van der Waals surface area contributed by atoms with Crippen molar-refractivity contribution in [2.45, 2.75) is 39.5 Å². The lowest BCUT2D eigenvalue weighted by Crippen LogP contribution is -3.11. The van der Waals surface area contributed by atoms with Crippen LogP contribution in [0.4, 0.5) is 0 Å². The molecule has 3 rings (SSSR count). The van der Waals surface area contributed by atoms with E-state index in [-0.39, 0.29) is 11.3 Å². The van der Waals surface area contributed by atoms with Gasteiger partial charge in [0.1, 0.15) is 5.70 Å². The van der Waals surface area contributed by atoms with E-state index in [1.807, 2.05) is 0 Å². The van der Waals surface area contributed by atoms with Gasteiger partial charge in [0.2, 0.25) is 0 Å². The largest absolute Gasteiger partial charge is 0.306 e. The normalized spacial score (nSPS) is 20.4. The minimum atomic E-state index is -0.166. The second kappa shape index (κ2) is 7.63. The van der Waals surface area contributed by atoms with Crippen LogP contribution in [0.2, 0.25) is 5.02 Å². The SMILES string of the molecule is CC1(C)C=C(NNC(=O)c2ccc(Cl)cc2)C=C([NH+]2CCCCC2)C1. The van der Waals surface area contributed by atoms with Gasteiger partial charge >= 0.3 is 0 Å². The summed E-state index contributed by atoms with van der Waals surface area (Å²) in [5.74, 6) is -0.166. The fourth-order valence-corrected chi connectivity index (χ4v) is 3.77. The summed E-state index contributed by atoms with van der Waals surface area (Å²) >= 11 is 5.87. The zero-order valence-corrected chi connectivity index (χ0v) is 15.7. The van der Waals surface area contributed by atoms with E-state index < -0.39 is 0 Å². The minimum absolute atomic E-state index is 0.0852. The summed E-state index contributed by atoms with van der Waals surface area (Å²) in [6.45, 7) is 6.91. The molecule has 4 nitrogen and oxygen atoms in total. The molecule has 3 N–H and O–H groups in total. The molecule has 25 heavy (non-hydrogen) atoms. The van der Waals surface area contributed by atoms with Gasteiger partial charge in [-0.05, 0) is 48.9 Å². The van der Waals surface area contributed by atoms with E-state index in [4.69, 9.17) is 11.6 Å². The standard InChI is InChI=1S/C20H26ClN3O/c1-20(2)13-17(12-18(14-20)24-10-4-3-5-11-24)22-23-19(25)15-6-8-16(21)9-7-15/h6-9,12-13,22H,3-5,10-11,14H2,1-2H3,(H,23,25)/p+1. The van der Waals surface area contributed by atoms with Gasteiger partial charge in [0.05, 0.1) is 18.8 Å². The van der Waals surface area contributed by atoms with Crippen molar-refractivity contribution in [1.29, 1.82) is 0 Å². The van der Waals surface area contributed by atoms with E-state index in [1.54, 1.807) is 29.2 Å². The fourth-order valence-electron chi connectivity index (χ4n) is 3.64. The van der Waals surface area contributed by atoms with Crippen molar-refractivity contribution in [2.24, 2.45) is 5.41 Å². The highest BCUT2D eigenvalue weighted by atomic mass is 35.5. The van der Waals surface area contributed by atoms with Crippen LogP contribution < -0.4 is 15.8 Å². The second-order valence-corrected chi connectivity index (χ2v) is 8.12. The first kappa shape index (κ1) is 18.0. The molecule has 0 bridgehead atoms. The quantitative estimate of drug-likeness (QED) is 0.723. The Kier molecular flexibility index (Phi) is 5.50. The van der Waals surface area contributed by atoms with Crippen LogP contribution >= 0.6 is 11.6 Å². The Labute approximate surface area is 154 Å². The topological polar surface area (TPSA) is 45.6 Å². The number of hydrazine groups is 1. The van der Waals surface area contributed by atoms with Gasteiger partial charge in [-0.25, -0.2) is 0 Å². The maximum absolute atomic E-state index is 12.3. The van der Waals surface area contributed by atoms with E-state index in [1.165, 1.54) is 38.0 Å². The summed E-state index contributed by atoms with van der Waals surface area (Å²) < 4.78 is 0. The van der Waals surface area contributed by atoms with Crippen LogP contribution in [-0.2, 0) is 0 Å². The number of likely N-dealkylation sites (tertiary alicyclic amines) is 1. The van der Waals surface area contributed by atoms with E-state index in [9.17, 15) is 4.79 Å². The highest BCUT2D eigenvalue weighted by Gasteiger charge is 2.29. The first-order valence-corrected chi connectivity index (χ1v) is 9.41. The lowest BCUT2D eigenvalue weighted by atomic mass is 9.82. The minimum Gasteiger partial charge on any atom is -0.306 e. The second-order valence-electron chi connectivity index (χ2n) is 7.68. The summed E-state index contributed by atoms with van der Waals surface area (Å²) in [5.41, 5.74) is 8.97. The molecule has 5 heteroatoms. The molecule has 0 aromatic heterocycles. The number of quaternary nitrogens is 1. The summed E-state index contributed by atoms with van der Waals surface area (Å²) in [5, 5.41) is 0.623. The van der Waals surface area contributed by atoms with Crippen LogP contribution in [0.25, 0.3) is 0 Å². The van der Waals surface area contributed by atoms with Crippen molar-refractivity contribution in [2.75, 3.05) is 13.1 Å². The lowest BCUT2D eigenvalue weighted by Gasteiger charge is -2.33. The monoisotopic (exact) mass is 360 g/mol. The highest BCUT2D eigenvalue weighted by Crippen LogP contribution is 2.30. The van der Waals surface area contributed by atoms with Gasteiger partial charge in [0.25, 0.3) is 5.91 Å². The molecule has 1 heterocycles. The van der Waals surface area contributed by atoms with Crippen molar-refractivity contribution in [3.05, 3.63) is 58.4 Å². The zero-order valence-electron chi connectivity index (χ0n) is 15.0. The maximum atomic E-state index is 12.3. The van der Waals surface area contributed by atoms with Crippen molar-refractivity contribution in [3.63, 3.8) is 0 Å². The number of hydrogen-bond acceptors (Lipinski definition) is 2. The molecule has 0 saturated carbocycles. The Balaban J connectivity index is 1.67. The Morgan fingerprint density at radius 2 is 1.80 bits per heavy atom. The Morgan fingerprint density at radius 3 is 2.48 bits per heavy atom. The van der Waals surface area contributed by atoms with Crippen LogP contribution in [0, 0.1) is 5.41 Å². The maximum Gasteiger partial charge on any atom is 0.269 e. The summed E-state index contributed by atoms with van der Waals surface area (Å²) in [6.07, 6.45) is 9.41. The fraction of sp³-hybridized carbons (Fsp3) is 0.450. The number of carbonyl (C=O) groups excluding carboxylic acids is 1. The molecule has 1 fully saturated rings. The summed E-state index contributed by atoms with van der Waals surface area (Å²) in [7, 11) is 0. The molecule has 0 unspecified atom stereocenters. The molecule has 1 aromatic rings. The number of rotatable bonds is 4. The lowest BCUT2D eigenvalue weighted by molar-refractivity contribution is -0.868. The number of hydrogen-bond donors (Lipinski definition) is 3. The van der Waals surface area contributed by atoms with Crippen LogP contribution in [0.1, 0.15) is 49.9 Å². The van der Waals surface area contributed by atoms with Gasteiger partial charge in [-0.3, -0.25) is 15.6 Å². The molecule has 1 aromatic carbocycles. The molecular formula is C20H27ClN3O+. The van der Waals surface area contributed by atoms with Gasteiger partial charge in [-0.2, -0.15) is 0 Å². The predicted octanol–water partition coefficient (Wildman–Crippen LogP) is 2.84. The Morgan fingerprint density at radius 1 is 1.12 bits per heavy atom. The van der Waals surface area contributed by atoms with Crippen LogP contribution in [0.3, 0.4) is 0 Å². The van der Waals surface area contributed by atoms with Gasteiger partial charge in [-0.1, -0.05) is 31.5 Å². The summed E-state index contributed by atoms with van der Waals surface area (Å²) in [4.78, 5) is 13.9. The third-order valence-electron chi connectivity index (χ3n) is 4.86. The van der Waals surface area contributed by atoms with Gasteiger partial charge < -0.3 is 4.90 Å². The van der Waals surface area contributed by atoms with Crippen molar-refractivity contribution < 1.29 is 9.69 Å². The molecule has 0 spiro atoms. The third kappa shape index (κ3) is 4.86. The molecule has 0 radical (unpaired) electrons. The molecule has 2 aliphatic rings. The van der Waals surface area contributed by atoms with Gasteiger partial charge in [0, 0.05) is 23.1 Å². The van der Waals surface area contributed by atoms with Gasteiger partial charge in [-0.15, -0.1) is 0 Å². The Hall–Kier alpha value is -1.78. The number of amides is 1. The van der Waals surface area contributed by atoms with Crippen LogP contribution in [0.5, 0.6) is 0 Å². The molecule has 1 aliphatic heterocycles. The first-order valence-electron chi connectivity index (χ1n) is 9.03. The van der Waals surface area contributed by atoms with Crippen molar-refractivity contribution in [1.82, 2.24) is 10.9 Å².